The van der Waals surface area contributed by atoms with Crippen molar-refractivity contribution in [1.29, 1.82) is 0 Å². The maximum atomic E-state index is 13.8. The fourth-order valence-electron chi connectivity index (χ4n) is 4.52. The number of hydrogen-bond donors (Lipinski definition) is 1. The molecule has 0 radical (unpaired) electrons. The van der Waals surface area contributed by atoms with Gasteiger partial charge in [-0.2, -0.15) is 0 Å². The molecule has 5 rings (SSSR count). The van der Waals surface area contributed by atoms with E-state index in [1.165, 1.54) is 11.8 Å². The molecule has 0 bridgehead atoms. The summed E-state index contributed by atoms with van der Waals surface area (Å²) in [6.45, 7) is 4.00. The van der Waals surface area contributed by atoms with Crippen molar-refractivity contribution in [3.63, 3.8) is 0 Å². The van der Waals surface area contributed by atoms with Crippen LogP contribution in [0.25, 0.3) is 5.57 Å². The molecule has 2 aliphatic rings. The van der Waals surface area contributed by atoms with Crippen LogP contribution in [0.2, 0.25) is 0 Å². The summed E-state index contributed by atoms with van der Waals surface area (Å²) in [6.07, 6.45) is 0.806. The highest BCUT2D eigenvalue weighted by atomic mass is 16.2. The van der Waals surface area contributed by atoms with Gasteiger partial charge in [0.15, 0.2) is 0 Å². The highest BCUT2D eigenvalue weighted by Gasteiger charge is 2.44. The smallest absolute Gasteiger partial charge is 0.282 e. The van der Waals surface area contributed by atoms with Crippen molar-refractivity contribution in [1.82, 2.24) is 0 Å². The summed E-state index contributed by atoms with van der Waals surface area (Å²) in [5.74, 6) is -0.852. The van der Waals surface area contributed by atoms with Crippen molar-refractivity contribution < 1.29 is 14.4 Å². The lowest BCUT2D eigenvalue weighted by molar-refractivity contribution is -0.120. The molecule has 2 heterocycles. The first-order valence-electron chi connectivity index (χ1n) is 10.9. The van der Waals surface area contributed by atoms with Gasteiger partial charge < -0.3 is 10.2 Å². The molecule has 2 aliphatic heterocycles. The topological polar surface area (TPSA) is 69.7 Å². The number of nitrogens with one attached hydrogen (secondary N) is 1. The number of fused-ring (bicyclic) bond motifs is 1. The van der Waals surface area contributed by atoms with Gasteiger partial charge in [-0.3, -0.25) is 14.4 Å². The van der Waals surface area contributed by atoms with E-state index in [0.717, 1.165) is 23.2 Å². The van der Waals surface area contributed by atoms with E-state index in [1.54, 1.807) is 30.3 Å². The van der Waals surface area contributed by atoms with Crippen LogP contribution in [0.5, 0.6) is 0 Å². The van der Waals surface area contributed by atoms with Gasteiger partial charge in [0.25, 0.3) is 11.8 Å². The fraction of sp³-hybridized carbons (Fsp3) is 0.148. The molecule has 0 spiro atoms. The molecule has 0 saturated carbocycles. The van der Waals surface area contributed by atoms with Crippen molar-refractivity contribution in [2.75, 3.05) is 21.7 Å². The molecule has 0 unspecified atom stereocenters. The zero-order chi connectivity index (χ0) is 23.1. The first-order valence-corrected chi connectivity index (χ1v) is 10.9. The van der Waals surface area contributed by atoms with Gasteiger partial charge in [0.1, 0.15) is 5.70 Å². The van der Waals surface area contributed by atoms with Crippen LogP contribution in [0.15, 0.2) is 78.5 Å². The Morgan fingerprint density at radius 2 is 1.67 bits per heavy atom. The van der Waals surface area contributed by atoms with Gasteiger partial charge >= 0.3 is 0 Å². The van der Waals surface area contributed by atoms with Gasteiger partial charge in [-0.1, -0.05) is 42.5 Å². The highest BCUT2D eigenvalue weighted by Crippen LogP contribution is 2.40. The van der Waals surface area contributed by atoms with E-state index < -0.39 is 0 Å². The summed E-state index contributed by atoms with van der Waals surface area (Å²) in [4.78, 5) is 42.1. The SMILES string of the molecule is CC(=O)Nc1ccc(C2=C(N3CCc4ccccc43)C(=O)N(c3cccc(C)c3)C2=O)cc1. The lowest BCUT2D eigenvalue weighted by atomic mass is 10.0. The van der Waals surface area contributed by atoms with Crippen LogP contribution in [0.1, 0.15) is 23.6 Å². The number of carbonyl (C=O) groups is 3. The number of amides is 3. The van der Waals surface area contributed by atoms with Gasteiger partial charge in [0.2, 0.25) is 5.91 Å². The summed E-state index contributed by atoms with van der Waals surface area (Å²) in [5, 5.41) is 2.74. The Morgan fingerprint density at radius 1 is 0.909 bits per heavy atom. The van der Waals surface area contributed by atoms with Crippen molar-refractivity contribution in [2.45, 2.75) is 20.3 Å². The predicted octanol–water partition coefficient (Wildman–Crippen LogP) is 4.30. The van der Waals surface area contributed by atoms with Crippen LogP contribution in [0.4, 0.5) is 17.1 Å². The second kappa shape index (κ2) is 8.06. The second-order valence-corrected chi connectivity index (χ2v) is 8.30. The normalized spacial score (nSPS) is 15.3. The summed E-state index contributed by atoms with van der Waals surface area (Å²) in [7, 11) is 0. The quantitative estimate of drug-likeness (QED) is 0.618. The Balaban J connectivity index is 1.64. The molecule has 164 valence electrons. The lowest BCUT2D eigenvalue weighted by Crippen LogP contribution is -2.34. The number of hydrogen-bond acceptors (Lipinski definition) is 4. The zero-order valence-electron chi connectivity index (χ0n) is 18.5. The third-order valence-electron chi connectivity index (χ3n) is 5.97. The minimum atomic E-state index is -0.350. The number of para-hydroxylation sites is 1. The average molecular weight is 437 g/mol. The van der Waals surface area contributed by atoms with E-state index in [-0.39, 0.29) is 17.7 Å². The van der Waals surface area contributed by atoms with Crippen LogP contribution in [0.3, 0.4) is 0 Å². The molecule has 0 fully saturated rings. The molecule has 0 atom stereocenters. The number of aryl methyl sites for hydroxylation is 1. The molecular weight excluding hydrogens is 414 g/mol. The number of benzene rings is 3. The third-order valence-corrected chi connectivity index (χ3v) is 5.97. The first kappa shape index (κ1) is 20.7. The molecule has 1 N–H and O–H groups in total. The van der Waals surface area contributed by atoms with Crippen LogP contribution < -0.4 is 15.1 Å². The van der Waals surface area contributed by atoms with Gasteiger partial charge in [0.05, 0.1) is 11.3 Å². The minimum absolute atomic E-state index is 0.172. The summed E-state index contributed by atoms with van der Waals surface area (Å²) in [6, 6.07) is 22.4. The Bertz CT molecular complexity index is 1320. The minimum Gasteiger partial charge on any atom is -0.336 e. The average Bonchev–Trinajstić information content (AvgIpc) is 3.32. The number of rotatable bonds is 4. The number of carbonyl (C=O) groups excluding carboxylic acids is 3. The van der Waals surface area contributed by atoms with Gasteiger partial charge in [-0.05, 0) is 60.4 Å². The van der Waals surface area contributed by atoms with Crippen LogP contribution in [-0.4, -0.2) is 24.3 Å². The van der Waals surface area contributed by atoms with Gasteiger partial charge in [0, 0.05) is 24.8 Å². The van der Waals surface area contributed by atoms with Crippen molar-refractivity contribution in [3.8, 4) is 0 Å². The molecule has 3 aromatic carbocycles. The van der Waals surface area contributed by atoms with Crippen LogP contribution in [0, 0.1) is 6.92 Å². The molecule has 6 nitrogen and oxygen atoms in total. The van der Waals surface area contributed by atoms with E-state index >= 15 is 0 Å². The predicted molar refractivity (Wildman–Crippen MR) is 129 cm³/mol. The van der Waals surface area contributed by atoms with Crippen molar-refractivity contribution >= 4 is 40.4 Å². The molecule has 3 aromatic rings. The van der Waals surface area contributed by atoms with Crippen molar-refractivity contribution in [2.24, 2.45) is 0 Å². The standard InChI is InChI=1S/C27H23N3O3/c1-17-6-5-8-22(16-17)30-26(32)24(20-10-12-21(13-11-20)28-18(2)31)25(27(30)33)29-15-14-19-7-3-4-9-23(19)29/h3-13,16H,14-15H2,1-2H3,(H,28,31). The lowest BCUT2D eigenvalue weighted by Gasteiger charge is -2.22. The summed E-state index contributed by atoms with van der Waals surface area (Å²) in [5.41, 5.74) is 5.65. The molecule has 3 amide bonds. The van der Waals surface area contributed by atoms with E-state index in [0.29, 0.717) is 34.8 Å². The van der Waals surface area contributed by atoms with Gasteiger partial charge in [-0.25, -0.2) is 4.90 Å². The number of nitrogens with zero attached hydrogens (tertiary/aromatic N) is 2. The van der Waals surface area contributed by atoms with E-state index in [2.05, 4.69) is 11.4 Å². The first-order chi connectivity index (χ1) is 15.9. The Hall–Kier alpha value is -4.19. The molecule has 0 aliphatic carbocycles. The van der Waals surface area contributed by atoms with E-state index in [9.17, 15) is 14.4 Å². The second-order valence-electron chi connectivity index (χ2n) is 8.30. The summed E-state index contributed by atoms with van der Waals surface area (Å²) >= 11 is 0. The Morgan fingerprint density at radius 3 is 2.39 bits per heavy atom. The Labute approximate surface area is 192 Å². The highest BCUT2D eigenvalue weighted by molar-refractivity contribution is 6.46. The van der Waals surface area contributed by atoms with E-state index in [4.69, 9.17) is 0 Å². The van der Waals surface area contributed by atoms with E-state index in [1.807, 2.05) is 48.2 Å². The maximum absolute atomic E-state index is 13.8. The maximum Gasteiger partial charge on any atom is 0.282 e. The van der Waals surface area contributed by atoms with Gasteiger partial charge in [-0.15, -0.1) is 0 Å². The summed E-state index contributed by atoms with van der Waals surface area (Å²) < 4.78 is 0. The molecule has 6 heteroatoms. The van der Waals surface area contributed by atoms with Crippen LogP contribution >= 0.6 is 0 Å². The third kappa shape index (κ3) is 3.59. The molecule has 0 saturated heterocycles. The van der Waals surface area contributed by atoms with Crippen LogP contribution in [-0.2, 0) is 20.8 Å². The Kier molecular flexibility index (Phi) is 5.05. The number of imide groups is 1. The molecular formula is C27H23N3O3. The molecule has 33 heavy (non-hydrogen) atoms. The fourth-order valence-corrected chi connectivity index (χ4v) is 4.52. The monoisotopic (exact) mass is 437 g/mol. The van der Waals surface area contributed by atoms with Crippen molar-refractivity contribution in [3.05, 3.63) is 95.2 Å². The zero-order valence-corrected chi connectivity index (χ0v) is 18.5. The molecule has 0 aromatic heterocycles. The largest absolute Gasteiger partial charge is 0.336 e. The number of anilines is 3.